The highest BCUT2D eigenvalue weighted by Crippen LogP contribution is 2.32. The zero-order valence-electron chi connectivity index (χ0n) is 8.01. The molecule has 1 aromatic carbocycles. The molecule has 0 amide bonds. The summed E-state index contributed by atoms with van der Waals surface area (Å²) in [5, 5.41) is 5.06. The number of nitrogens with two attached hydrogens (primary N) is 2. The number of primary sulfonamides is 1. The third kappa shape index (κ3) is 2.40. The SMILES string of the molecule is Nc1ccc(S(N)(=O)=O)c(OC2CC2)c1. The van der Waals surface area contributed by atoms with E-state index in [1.807, 2.05) is 0 Å². The Hall–Kier alpha value is -1.27. The van der Waals surface area contributed by atoms with Gasteiger partial charge < -0.3 is 10.5 Å². The van der Waals surface area contributed by atoms with Crippen LogP contribution < -0.4 is 15.6 Å². The molecule has 0 atom stereocenters. The third-order valence-electron chi connectivity index (χ3n) is 2.09. The van der Waals surface area contributed by atoms with Crippen LogP contribution in [0.15, 0.2) is 23.1 Å². The van der Waals surface area contributed by atoms with Gasteiger partial charge in [0.2, 0.25) is 10.0 Å². The van der Waals surface area contributed by atoms with Crippen molar-refractivity contribution in [2.75, 3.05) is 5.73 Å². The first-order valence-corrected chi connectivity index (χ1v) is 6.10. The number of hydrogen-bond donors (Lipinski definition) is 2. The summed E-state index contributed by atoms with van der Waals surface area (Å²) in [7, 11) is -3.75. The molecule has 1 aliphatic rings. The number of hydrogen-bond acceptors (Lipinski definition) is 4. The molecule has 1 saturated carbocycles. The van der Waals surface area contributed by atoms with E-state index >= 15 is 0 Å². The second-order valence-electron chi connectivity index (χ2n) is 3.57. The molecule has 1 aliphatic carbocycles. The highest BCUT2D eigenvalue weighted by molar-refractivity contribution is 7.89. The van der Waals surface area contributed by atoms with Gasteiger partial charge in [0.15, 0.2) is 0 Å². The van der Waals surface area contributed by atoms with E-state index < -0.39 is 10.0 Å². The first kappa shape index (κ1) is 10.3. The average molecular weight is 228 g/mol. The molecule has 4 N–H and O–H groups in total. The van der Waals surface area contributed by atoms with Crippen molar-refractivity contribution in [2.24, 2.45) is 5.14 Å². The second-order valence-corrected chi connectivity index (χ2v) is 5.10. The van der Waals surface area contributed by atoms with Gasteiger partial charge in [-0.05, 0) is 25.0 Å². The molecule has 0 aliphatic heterocycles. The van der Waals surface area contributed by atoms with Crippen molar-refractivity contribution in [1.82, 2.24) is 0 Å². The van der Waals surface area contributed by atoms with Crippen LogP contribution >= 0.6 is 0 Å². The molecule has 0 unspecified atom stereocenters. The maximum atomic E-state index is 11.2. The van der Waals surface area contributed by atoms with Gasteiger partial charge in [-0.15, -0.1) is 0 Å². The Morgan fingerprint density at radius 1 is 1.33 bits per heavy atom. The third-order valence-corrected chi connectivity index (χ3v) is 3.04. The van der Waals surface area contributed by atoms with E-state index in [4.69, 9.17) is 15.6 Å². The Morgan fingerprint density at radius 3 is 2.53 bits per heavy atom. The number of benzene rings is 1. The van der Waals surface area contributed by atoms with Gasteiger partial charge in [0.1, 0.15) is 10.6 Å². The number of ether oxygens (including phenoxy) is 1. The minimum atomic E-state index is -3.75. The molecular formula is C9H12N2O3S. The highest BCUT2D eigenvalue weighted by atomic mass is 32.2. The normalized spacial score (nSPS) is 16.3. The van der Waals surface area contributed by atoms with Gasteiger partial charge in [0, 0.05) is 11.8 Å². The Bertz CT molecular complexity index is 480. The molecule has 0 spiro atoms. The zero-order valence-corrected chi connectivity index (χ0v) is 8.83. The molecule has 6 heteroatoms. The lowest BCUT2D eigenvalue weighted by Crippen LogP contribution is -2.14. The smallest absolute Gasteiger partial charge is 0.241 e. The van der Waals surface area contributed by atoms with Crippen LogP contribution in [0.2, 0.25) is 0 Å². The number of anilines is 1. The van der Waals surface area contributed by atoms with Gasteiger partial charge in [-0.25, -0.2) is 13.6 Å². The highest BCUT2D eigenvalue weighted by Gasteiger charge is 2.26. The van der Waals surface area contributed by atoms with Gasteiger partial charge in [-0.2, -0.15) is 0 Å². The summed E-state index contributed by atoms with van der Waals surface area (Å²) < 4.78 is 27.9. The Balaban J connectivity index is 2.43. The first-order chi connectivity index (χ1) is 6.97. The van der Waals surface area contributed by atoms with Crippen LogP contribution in [0.4, 0.5) is 5.69 Å². The van der Waals surface area contributed by atoms with Crippen molar-refractivity contribution >= 4 is 15.7 Å². The molecule has 0 aromatic heterocycles. The van der Waals surface area contributed by atoms with Crippen LogP contribution in [-0.4, -0.2) is 14.5 Å². The summed E-state index contributed by atoms with van der Waals surface area (Å²) in [4.78, 5) is -0.0106. The van der Waals surface area contributed by atoms with Crippen molar-refractivity contribution in [3.05, 3.63) is 18.2 Å². The van der Waals surface area contributed by atoms with Gasteiger partial charge in [-0.3, -0.25) is 0 Å². The lowest BCUT2D eigenvalue weighted by atomic mass is 10.3. The van der Waals surface area contributed by atoms with Gasteiger partial charge in [0.25, 0.3) is 0 Å². The Morgan fingerprint density at radius 2 is 2.00 bits per heavy atom. The van der Waals surface area contributed by atoms with E-state index in [-0.39, 0.29) is 16.7 Å². The van der Waals surface area contributed by atoms with E-state index in [1.165, 1.54) is 18.2 Å². The lowest BCUT2D eigenvalue weighted by molar-refractivity contribution is 0.295. The van der Waals surface area contributed by atoms with E-state index in [0.717, 1.165) is 12.8 Å². The van der Waals surface area contributed by atoms with E-state index in [2.05, 4.69) is 0 Å². The predicted octanol–water partition coefficient (Wildman–Crippen LogP) is 0.457. The van der Waals surface area contributed by atoms with Crippen LogP contribution in [0, 0.1) is 0 Å². The predicted molar refractivity (Wildman–Crippen MR) is 55.9 cm³/mol. The molecule has 15 heavy (non-hydrogen) atoms. The summed E-state index contributed by atoms with van der Waals surface area (Å²) in [6.07, 6.45) is 1.99. The minimum Gasteiger partial charge on any atom is -0.489 e. The maximum absolute atomic E-state index is 11.2. The molecule has 0 heterocycles. The van der Waals surface area contributed by atoms with Crippen molar-refractivity contribution in [2.45, 2.75) is 23.8 Å². The number of sulfonamides is 1. The maximum Gasteiger partial charge on any atom is 0.241 e. The topological polar surface area (TPSA) is 95.4 Å². The fraction of sp³-hybridized carbons (Fsp3) is 0.333. The molecule has 2 rings (SSSR count). The summed E-state index contributed by atoms with van der Waals surface area (Å²) in [6.45, 7) is 0. The molecule has 0 bridgehead atoms. The Labute approximate surface area is 88.1 Å². The molecule has 0 saturated heterocycles. The van der Waals surface area contributed by atoms with E-state index in [9.17, 15) is 8.42 Å². The standard InChI is InChI=1S/C9H12N2O3S/c10-6-1-4-9(15(11,12)13)8(5-6)14-7-2-3-7/h1,4-5,7H,2-3,10H2,(H2,11,12,13). The summed E-state index contributed by atoms with van der Waals surface area (Å²) in [5.74, 6) is 0.250. The van der Waals surface area contributed by atoms with Gasteiger partial charge >= 0.3 is 0 Å². The average Bonchev–Trinajstić information content (AvgIpc) is 2.85. The fourth-order valence-electron chi connectivity index (χ4n) is 1.22. The summed E-state index contributed by atoms with van der Waals surface area (Å²) in [6, 6.07) is 4.33. The van der Waals surface area contributed by atoms with Crippen molar-refractivity contribution < 1.29 is 13.2 Å². The largest absolute Gasteiger partial charge is 0.489 e. The summed E-state index contributed by atoms with van der Waals surface area (Å²) in [5.41, 5.74) is 6.01. The Kier molecular flexibility index (Phi) is 2.32. The number of nitrogen functional groups attached to an aromatic ring is 1. The number of rotatable bonds is 3. The molecule has 1 fully saturated rings. The quantitative estimate of drug-likeness (QED) is 0.734. The molecular weight excluding hydrogens is 216 g/mol. The fourth-order valence-corrected chi connectivity index (χ4v) is 1.86. The lowest BCUT2D eigenvalue weighted by Gasteiger charge is -2.09. The van der Waals surface area contributed by atoms with Crippen LogP contribution in [0.5, 0.6) is 5.75 Å². The molecule has 82 valence electrons. The van der Waals surface area contributed by atoms with Gasteiger partial charge in [-0.1, -0.05) is 0 Å². The second kappa shape index (κ2) is 3.39. The van der Waals surface area contributed by atoms with Gasteiger partial charge in [0.05, 0.1) is 6.10 Å². The molecule has 1 aromatic rings. The first-order valence-electron chi connectivity index (χ1n) is 4.56. The van der Waals surface area contributed by atoms with Crippen LogP contribution in [0.3, 0.4) is 0 Å². The van der Waals surface area contributed by atoms with Crippen molar-refractivity contribution in [3.63, 3.8) is 0 Å². The van der Waals surface area contributed by atoms with E-state index in [1.54, 1.807) is 0 Å². The molecule has 5 nitrogen and oxygen atoms in total. The molecule has 0 radical (unpaired) electrons. The van der Waals surface area contributed by atoms with Crippen LogP contribution in [-0.2, 0) is 10.0 Å². The summed E-state index contributed by atoms with van der Waals surface area (Å²) >= 11 is 0. The monoisotopic (exact) mass is 228 g/mol. The van der Waals surface area contributed by atoms with Crippen LogP contribution in [0.1, 0.15) is 12.8 Å². The van der Waals surface area contributed by atoms with Crippen molar-refractivity contribution in [3.8, 4) is 5.75 Å². The van der Waals surface area contributed by atoms with Crippen LogP contribution in [0.25, 0.3) is 0 Å². The minimum absolute atomic E-state index is 0.0106. The van der Waals surface area contributed by atoms with Crippen molar-refractivity contribution in [1.29, 1.82) is 0 Å². The zero-order chi connectivity index (χ0) is 11.1. The van der Waals surface area contributed by atoms with E-state index in [0.29, 0.717) is 5.69 Å².